The number of hydrogen-bond donors (Lipinski definition) is 2. The molecule has 2 aromatic carbocycles. The first-order valence-electron chi connectivity index (χ1n) is 12.7. The minimum absolute atomic E-state index is 0.0796. The largest absolute Gasteiger partial charge is 0.416 e. The predicted molar refractivity (Wildman–Crippen MR) is 141 cm³/mol. The first-order chi connectivity index (χ1) is 18.4. The van der Waals surface area contributed by atoms with Gasteiger partial charge < -0.3 is 15.5 Å². The highest BCUT2D eigenvalue weighted by Gasteiger charge is 2.36. The van der Waals surface area contributed by atoms with Crippen molar-refractivity contribution in [1.82, 2.24) is 15.5 Å². The van der Waals surface area contributed by atoms with Crippen LogP contribution in [0.2, 0.25) is 5.02 Å². The summed E-state index contributed by atoms with van der Waals surface area (Å²) in [6.45, 7) is 1.72. The molecular formula is C26H30ClF3N4O4S. The summed E-state index contributed by atoms with van der Waals surface area (Å²) in [7, 11) is -4.46. The van der Waals surface area contributed by atoms with Crippen molar-refractivity contribution >= 4 is 39.2 Å². The second kappa shape index (κ2) is 11.6. The van der Waals surface area contributed by atoms with Gasteiger partial charge in [0.1, 0.15) is 6.54 Å². The van der Waals surface area contributed by atoms with Crippen LogP contribution < -0.4 is 14.9 Å². The molecule has 2 aromatic rings. The molecule has 1 saturated carbocycles. The molecule has 0 radical (unpaired) electrons. The Hall–Kier alpha value is -2.99. The van der Waals surface area contributed by atoms with Crippen LogP contribution in [0.5, 0.6) is 0 Å². The Balaban J connectivity index is 1.58. The zero-order chi connectivity index (χ0) is 28.4. The molecule has 2 fully saturated rings. The zero-order valence-electron chi connectivity index (χ0n) is 21.2. The number of rotatable bonds is 8. The lowest BCUT2D eigenvalue weighted by Gasteiger charge is -2.37. The Bertz CT molecular complexity index is 1310. The van der Waals surface area contributed by atoms with E-state index in [2.05, 4.69) is 10.6 Å². The van der Waals surface area contributed by atoms with Gasteiger partial charge in [0.2, 0.25) is 5.91 Å². The van der Waals surface area contributed by atoms with Gasteiger partial charge in [0.25, 0.3) is 10.0 Å². The van der Waals surface area contributed by atoms with Crippen LogP contribution in [0.15, 0.2) is 53.4 Å². The van der Waals surface area contributed by atoms with Crippen LogP contribution in [0.4, 0.5) is 23.7 Å². The molecule has 1 heterocycles. The van der Waals surface area contributed by atoms with E-state index >= 15 is 0 Å². The van der Waals surface area contributed by atoms with E-state index in [-0.39, 0.29) is 40.5 Å². The fourth-order valence-corrected chi connectivity index (χ4v) is 6.26. The third-order valence-corrected chi connectivity index (χ3v) is 9.03. The van der Waals surface area contributed by atoms with Crippen molar-refractivity contribution < 1.29 is 31.2 Å². The molecule has 39 heavy (non-hydrogen) atoms. The number of carbonyl (C=O) groups is 2. The number of carbonyl (C=O) groups excluding carboxylic acids is 2. The van der Waals surface area contributed by atoms with Gasteiger partial charge in [-0.1, -0.05) is 29.8 Å². The summed E-state index contributed by atoms with van der Waals surface area (Å²) < 4.78 is 68.4. The van der Waals surface area contributed by atoms with Crippen LogP contribution in [-0.2, 0) is 21.0 Å². The molecule has 13 heteroatoms. The van der Waals surface area contributed by atoms with Gasteiger partial charge in [-0.25, -0.2) is 13.2 Å². The van der Waals surface area contributed by atoms with Crippen molar-refractivity contribution in [2.75, 3.05) is 23.9 Å². The van der Waals surface area contributed by atoms with Gasteiger partial charge in [-0.3, -0.25) is 9.10 Å². The molecule has 0 spiro atoms. The van der Waals surface area contributed by atoms with E-state index in [4.69, 9.17) is 11.6 Å². The van der Waals surface area contributed by atoms with Crippen LogP contribution in [0, 0.1) is 5.92 Å². The Labute approximate surface area is 230 Å². The molecule has 2 atom stereocenters. The predicted octanol–water partition coefficient (Wildman–Crippen LogP) is 4.64. The molecule has 212 valence electrons. The first kappa shape index (κ1) is 29.0. The molecule has 8 nitrogen and oxygen atoms in total. The second-order valence-corrected chi connectivity index (χ2v) is 12.2. The summed E-state index contributed by atoms with van der Waals surface area (Å²) in [4.78, 5) is 26.9. The van der Waals surface area contributed by atoms with Crippen LogP contribution in [0.3, 0.4) is 0 Å². The Morgan fingerprint density at radius 1 is 1.13 bits per heavy atom. The number of nitrogens with zero attached hydrogens (tertiary/aromatic N) is 2. The van der Waals surface area contributed by atoms with Crippen LogP contribution in [0.1, 0.15) is 38.2 Å². The topological polar surface area (TPSA) is 98.8 Å². The second-order valence-electron chi connectivity index (χ2n) is 9.91. The lowest BCUT2D eigenvalue weighted by atomic mass is 9.91. The van der Waals surface area contributed by atoms with E-state index in [9.17, 15) is 31.2 Å². The summed E-state index contributed by atoms with van der Waals surface area (Å²) in [5.41, 5.74) is -1.53. The number of hydrogen-bond acceptors (Lipinski definition) is 4. The summed E-state index contributed by atoms with van der Waals surface area (Å²) in [5.74, 6) is -0.661. The highest BCUT2D eigenvalue weighted by atomic mass is 35.5. The third-order valence-electron chi connectivity index (χ3n) is 6.94. The highest BCUT2D eigenvalue weighted by molar-refractivity contribution is 7.92. The third kappa shape index (κ3) is 7.16. The molecule has 1 saturated heterocycles. The molecule has 1 aliphatic carbocycles. The Kier molecular flexibility index (Phi) is 8.65. The molecule has 2 unspecified atom stereocenters. The lowest BCUT2D eigenvalue weighted by molar-refractivity contribution is -0.137. The van der Waals surface area contributed by atoms with Crippen molar-refractivity contribution in [2.24, 2.45) is 5.92 Å². The quantitative estimate of drug-likeness (QED) is 0.471. The minimum Gasteiger partial charge on any atom is -0.341 e. The average molecular weight is 587 g/mol. The van der Waals surface area contributed by atoms with Gasteiger partial charge in [0, 0.05) is 25.2 Å². The maximum Gasteiger partial charge on any atom is 0.416 e. The number of alkyl halides is 3. The fraction of sp³-hybridized carbons (Fsp3) is 0.462. The summed E-state index contributed by atoms with van der Waals surface area (Å²) in [6, 6.07) is 9.18. The number of halogens is 4. The maximum atomic E-state index is 13.6. The number of benzene rings is 2. The van der Waals surface area contributed by atoms with Crippen LogP contribution >= 0.6 is 11.6 Å². The smallest absolute Gasteiger partial charge is 0.341 e. The van der Waals surface area contributed by atoms with Gasteiger partial charge in [0.05, 0.1) is 21.2 Å². The van der Waals surface area contributed by atoms with Crippen molar-refractivity contribution in [1.29, 1.82) is 0 Å². The number of nitrogens with one attached hydrogen (secondary N) is 2. The van der Waals surface area contributed by atoms with E-state index in [1.165, 1.54) is 29.2 Å². The fourth-order valence-electron chi connectivity index (χ4n) is 4.55. The van der Waals surface area contributed by atoms with E-state index in [0.29, 0.717) is 23.3 Å². The number of piperidine rings is 1. The van der Waals surface area contributed by atoms with Gasteiger partial charge >= 0.3 is 12.2 Å². The molecule has 2 aliphatic rings. The van der Waals surface area contributed by atoms with Crippen LogP contribution in [0.25, 0.3) is 0 Å². The van der Waals surface area contributed by atoms with Gasteiger partial charge in [-0.2, -0.15) is 13.2 Å². The first-order valence-corrected chi connectivity index (χ1v) is 14.5. The lowest BCUT2D eigenvalue weighted by Crippen LogP contribution is -2.52. The standard InChI is InChI=1S/C26H30ClF3N4O4S/c1-17(31-25(36)32-20-10-11-20)18-6-5-13-33(15-18)24(35)16-34(39(37,38)21-7-3-2-4-8-21)23-14-19(26(28,29)30)9-12-22(23)27/h2-4,7-9,12,14,17-18,20H,5-6,10-11,13,15-16H2,1H3,(H2,31,32,36). The van der Waals surface area contributed by atoms with Crippen molar-refractivity contribution in [3.8, 4) is 0 Å². The summed E-state index contributed by atoms with van der Waals surface area (Å²) in [6.07, 6.45) is -1.47. The monoisotopic (exact) mass is 586 g/mol. The molecule has 1 aliphatic heterocycles. The SMILES string of the molecule is CC(NC(=O)NC1CC1)C1CCCN(C(=O)CN(c2cc(C(F)(F)F)ccc2Cl)S(=O)(=O)c2ccccc2)C1. The number of urea groups is 1. The Morgan fingerprint density at radius 2 is 1.82 bits per heavy atom. The van der Waals surface area contributed by atoms with Crippen molar-refractivity contribution in [3.63, 3.8) is 0 Å². The molecule has 2 N–H and O–H groups in total. The molecule has 0 aromatic heterocycles. The van der Waals surface area contributed by atoms with E-state index < -0.39 is 39.9 Å². The average Bonchev–Trinajstić information content (AvgIpc) is 3.71. The maximum absolute atomic E-state index is 13.6. The van der Waals surface area contributed by atoms with Gasteiger partial charge in [0.15, 0.2) is 0 Å². The van der Waals surface area contributed by atoms with Gasteiger partial charge in [-0.15, -0.1) is 0 Å². The molecular weight excluding hydrogens is 557 g/mol. The van der Waals surface area contributed by atoms with E-state index in [1.54, 1.807) is 6.07 Å². The normalized spacial score (nSPS) is 18.8. The number of likely N-dealkylation sites (tertiary alicyclic amines) is 1. The number of anilines is 1. The molecule has 3 amide bonds. The van der Waals surface area contributed by atoms with Crippen LogP contribution in [-0.4, -0.2) is 57.0 Å². The zero-order valence-corrected chi connectivity index (χ0v) is 22.8. The number of sulfonamides is 1. The number of amides is 3. The highest BCUT2D eigenvalue weighted by Crippen LogP contribution is 2.37. The van der Waals surface area contributed by atoms with E-state index in [1.807, 2.05) is 6.92 Å². The van der Waals surface area contributed by atoms with Crippen molar-refractivity contribution in [2.45, 2.75) is 55.8 Å². The summed E-state index contributed by atoms with van der Waals surface area (Å²) in [5, 5.41) is 5.52. The molecule has 0 bridgehead atoms. The summed E-state index contributed by atoms with van der Waals surface area (Å²) >= 11 is 6.21. The minimum atomic E-state index is -4.75. The molecule has 4 rings (SSSR count). The Morgan fingerprint density at radius 3 is 2.46 bits per heavy atom. The van der Waals surface area contributed by atoms with E-state index in [0.717, 1.165) is 31.4 Å². The van der Waals surface area contributed by atoms with Crippen molar-refractivity contribution in [3.05, 3.63) is 59.1 Å². The van der Waals surface area contributed by atoms with Gasteiger partial charge in [-0.05, 0) is 68.9 Å².